The molecule has 1 aromatic rings. The Hall–Kier alpha value is -1.30. The van der Waals surface area contributed by atoms with E-state index in [1.807, 2.05) is 26.8 Å². The van der Waals surface area contributed by atoms with Gasteiger partial charge in [0.2, 0.25) is 5.88 Å². The number of pyridine rings is 1. The van der Waals surface area contributed by atoms with Gasteiger partial charge in [0.05, 0.1) is 59.5 Å². The molecule has 0 aliphatic carbocycles. The summed E-state index contributed by atoms with van der Waals surface area (Å²) in [5.41, 5.74) is -0.502. The van der Waals surface area contributed by atoms with Crippen molar-refractivity contribution in [2.75, 3.05) is 72.7 Å². The van der Waals surface area contributed by atoms with E-state index in [-0.39, 0.29) is 12.6 Å². The number of carbonyl (C=O) groups excluding carboxylic acids is 1. The van der Waals surface area contributed by atoms with E-state index in [4.69, 9.17) is 33.2 Å². The molecule has 0 saturated heterocycles. The Morgan fingerprint density at radius 3 is 1.81 bits per heavy atom. The number of halogens is 1. The molecule has 9 nitrogen and oxygen atoms in total. The van der Waals surface area contributed by atoms with Crippen molar-refractivity contribution in [2.45, 2.75) is 26.4 Å². The Morgan fingerprint density at radius 2 is 1.32 bits per heavy atom. The van der Waals surface area contributed by atoms with Crippen molar-refractivity contribution < 1.29 is 38.0 Å². The van der Waals surface area contributed by atoms with Crippen LogP contribution in [0.25, 0.3) is 0 Å². The van der Waals surface area contributed by atoms with Crippen LogP contribution in [-0.2, 0) is 33.2 Å². The summed E-state index contributed by atoms with van der Waals surface area (Å²) in [6.07, 6.45) is 1.67. The maximum absolute atomic E-state index is 11.4. The number of rotatable bonds is 18. The fourth-order valence-corrected chi connectivity index (χ4v) is 2.39. The molecular formula is C21H34BrNO8. The molecule has 1 heterocycles. The predicted molar refractivity (Wildman–Crippen MR) is 117 cm³/mol. The van der Waals surface area contributed by atoms with Crippen LogP contribution >= 0.6 is 15.9 Å². The van der Waals surface area contributed by atoms with Gasteiger partial charge in [-0.1, -0.05) is 15.9 Å². The lowest BCUT2D eigenvalue weighted by Crippen LogP contribution is -2.27. The molecule has 0 bridgehead atoms. The first-order valence-corrected chi connectivity index (χ1v) is 11.0. The van der Waals surface area contributed by atoms with Crippen LogP contribution in [0.1, 0.15) is 20.8 Å². The molecule has 0 unspecified atom stereocenters. The summed E-state index contributed by atoms with van der Waals surface area (Å²) in [5, 5.41) is 0. The van der Waals surface area contributed by atoms with Gasteiger partial charge in [-0.25, -0.2) is 9.78 Å². The Kier molecular flexibility index (Phi) is 15.5. The number of aromatic nitrogens is 1. The molecule has 0 spiro atoms. The van der Waals surface area contributed by atoms with Crippen molar-refractivity contribution in [2.24, 2.45) is 0 Å². The van der Waals surface area contributed by atoms with Crippen LogP contribution in [0.3, 0.4) is 0 Å². The van der Waals surface area contributed by atoms with Gasteiger partial charge in [-0.3, -0.25) is 0 Å². The Balaban J connectivity index is 1.75. The minimum Gasteiger partial charge on any atom is -0.475 e. The van der Waals surface area contributed by atoms with Gasteiger partial charge in [-0.2, -0.15) is 0 Å². The summed E-state index contributed by atoms with van der Waals surface area (Å²) in [4.78, 5) is 15.5. The van der Waals surface area contributed by atoms with E-state index >= 15 is 0 Å². The van der Waals surface area contributed by atoms with E-state index in [2.05, 4.69) is 20.9 Å². The monoisotopic (exact) mass is 507 g/mol. The van der Waals surface area contributed by atoms with E-state index in [0.29, 0.717) is 71.9 Å². The van der Waals surface area contributed by atoms with Crippen LogP contribution in [-0.4, -0.2) is 89.2 Å². The van der Waals surface area contributed by atoms with E-state index < -0.39 is 5.60 Å². The molecule has 10 heteroatoms. The molecule has 0 atom stereocenters. The van der Waals surface area contributed by atoms with Gasteiger partial charge >= 0.3 is 5.97 Å². The lowest BCUT2D eigenvalue weighted by atomic mass is 10.2. The third-order valence-corrected chi connectivity index (χ3v) is 3.80. The lowest BCUT2D eigenvalue weighted by molar-refractivity contribution is -0.160. The van der Waals surface area contributed by atoms with E-state index in [9.17, 15) is 4.79 Å². The molecular weight excluding hydrogens is 474 g/mol. The van der Waals surface area contributed by atoms with E-state index in [1.54, 1.807) is 12.3 Å². The number of nitrogens with zero attached hydrogens (tertiary/aromatic N) is 1. The van der Waals surface area contributed by atoms with Crippen LogP contribution in [0, 0.1) is 0 Å². The molecule has 0 amide bonds. The van der Waals surface area contributed by atoms with Gasteiger partial charge in [0.25, 0.3) is 0 Å². The number of hydrogen-bond acceptors (Lipinski definition) is 9. The van der Waals surface area contributed by atoms with Gasteiger partial charge in [0, 0.05) is 16.7 Å². The highest BCUT2D eigenvalue weighted by atomic mass is 79.9. The zero-order valence-corrected chi connectivity index (χ0v) is 20.2. The Morgan fingerprint density at radius 1 is 0.839 bits per heavy atom. The van der Waals surface area contributed by atoms with Crippen molar-refractivity contribution in [1.29, 1.82) is 0 Å². The normalized spacial score (nSPS) is 11.5. The van der Waals surface area contributed by atoms with Gasteiger partial charge < -0.3 is 33.2 Å². The molecule has 0 N–H and O–H groups in total. The summed E-state index contributed by atoms with van der Waals surface area (Å²) < 4.78 is 38.3. The highest BCUT2D eigenvalue weighted by Gasteiger charge is 2.15. The first-order chi connectivity index (χ1) is 14.9. The number of esters is 1. The molecule has 0 aliphatic rings. The minimum atomic E-state index is -0.502. The zero-order valence-electron chi connectivity index (χ0n) is 18.6. The highest BCUT2D eigenvalue weighted by molar-refractivity contribution is 9.10. The minimum absolute atomic E-state index is 0.0760. The first-order valence-electron chi connectivity index (χ1n) is 10.2. The van der Waals surface area contributed by atoms with Crippen molar-refractivity contribution in [3.63, 3.8) is 0 Å². The van der Waals surface area contributed by atoms with Crippen molar-refractivity contribution in [3.8, 4) is 5.88 Å². The second-order valence-corrected chi connectivity index (χ2v) is 8.16. The molecule has 0 saturated carbocycles. The van der Waals surface area contributed by atoms with Crippen molar-refractivity contribution in [1.82, 2.24) is 4.98 Å². The standard InChI is InChI=1S/C21H34BrNO8/c1-21(2,3)31-20(24)17-29-13-12-27-9-8-25-6-7-26-10-11-28-14-15-30-19-16-18(22)4-5-23-19/h4-5,16H,6-15,17H2,1-3H3. The fraction of sp³-hybridized carbons (Fsp3) is 0.714. The smallest absolute Gasteiger partial charge is 0.332 e. The van der Waals surface area contributed by atoms with Crippen LogP contribution in [0.5, 0.6) is 5.88 Å². The number of hydrogen-bond donors (Lipinski definition) is 0. The topological polar surface area (TPSA) is 94.6 Å². The largest absolute Gasteiger partial charge is 0.475 e. The molecule has 0 aliphatic heterocycles. The second kappa shape index (κ2) is 17.3. The average Bonchev–Trinajstić information content (AvgIpc) is 2.69. The summed E-state index contributed by atoms with van der Waals surface area (Å²) in [6.45, 7) is 9.84. The van der Waals surface area contributed by atoms with Crippen LogP contribution in [0.15, 0.2) is 22.8 Å². The van der Waals surface area contributed by atoms with Gasteiger partial charge in [-0.15, -0.1) is 0 Å². The third kappa shape index (κ3) is 18.0. The van der Waals surface area contributed by atoms with Crippen molar-refractivity contribution in [3.05, 3.63) is 22.8 Å². The maximum Gasteiger partial charge on any atom is 0.332 e. The molecule has 1 aromatic heterocycles. The fourth-order valence-electron chi connectivity index (χ4n) is 2.08. The van der Waals surface area contributed by atoms with Gasteiger partial charge in [0.1, 0.15) is 18.8 Å². The molecule has 31 heavy (non-hydrogen) atoms. The summed E-state index contributed by atoms with van der Waals surface area (Å²) in [7, 11) is 0. The third-order valence-electron chi connectivity index (χ3n) is 3.30. The Labute approximate surface area is 192 Å². The van der Waals surface area contributed by atoms with Crippen LogP contribution in [0.4, 0.5) is 0 Å². The van der Waals surface area contributed by atoms with Gasteiger partial charge in [-0.05, 0) is 26.8 Å². The highest BCUT2D eigenvalue weighted by Crippen LogP contribution is 2.14. The first kappa shape index (κ1) is 27.7. The van der Waals surface area contributed by atoms with Gasteiger partial charge in [0.15, 0.2) is 0 Å². The molecule has 178 valence electrons. The second-order valence-electron chi connectivity index (χ2n) is 7.25. The summed E-state index contributed by atoms with van der Waals surface area (Å²) in [6, 6.07) is 3.64. The number of carbonyl (C=O) groups is 1. The predicted octanol–water partition coefficient (Wildman–Crippen LogP) is 2.65. The van der Waals surface area contributed by atoms with Crippen LogP contribution < -0.4 is 4.74 Å². The lowest BCUT2D eigenvalue weighted by Gasteiger charge is -2.19. The van der Waals surface area contributed by atoms with E-state index in [0.717, 1.165) is 4.47 Å². The maximum atomic E-state index is 11.4. The molecule has 0 fully saturated rings. The molecule has 0 radical (unpaired) electrons. The SMILES string of the molecule is CC(C)(C)OC(=O)COCCOCCOCCOCCOCCOc1cc(Br)ccn1. The quantitative estimate of drug-likeness (QED) is 0.219. The van der Waals surface area contributed by atoms with E-state index in [1.165, 1.54) is 0 Å². The number of ether oxygens (including phenoxy) is 7. The zero-order chi connectivity index (χ0) is 22.8. The van der Waals surface area contributed by atoms with Crippen LogP contribution in [0.2, 0.25) is 0 Å². The Bertz CT molecular complexity index is 597. The summed E-state index contributed by atoms with van der Waals surface area (Å²) >= 11 is 3.36. The molecule has 0 aromatic carbocycles. The molecule has 1 rings (SSSR count). The summed E-state index contributed by atoms with van der Waals surface area (Å²) in [5.74, 6) is 0.177. The average molecular weight is 508 g/mol. The van der Waals surface area contributed by atoms with Crippen molar-refractivity contribution >= 4 is 21.9 Å².